The average molecular weight is 674 g/mol. The molecule has 272 valence electrons. The van der Waals surface area contributed by atoms with Gasteiger partial charge >= 0.3 is 7.82 Å². The highest BCUT2D eigenvalue weighted by atomic mass is 31.2. The van der Waals surface area contributed by atoms with Crippen molar-refractivity contribution in [1.82, 2.24) is 5.32 Å². The third kappa shape index (κ3) is 31.6. The summed E-state index contributed by atoms with van der Waals surface area (Å²) in [6.07, 6.45) is 32.1. The number of allylic oxidation sites excluding steroid dienone is 4. The molecule has 0 spiro atoms. The summed E-state index contributed by atoms with van der Waals surface area (Å²) in [4.78, 5) is 22.9. The van der Waals surface area contributed by atoms with Gasteiger partial charge in [0.2, 0.25) is 5.91 Å². The minimum absolute atomic E-state index is 0.0656. The molecule has 9 heteroatoms. The van der Waals surface area contributed by atoms with Crippen molar-refractivity contribution in [2.75, 3.05) is 40.9 Å². The minimum atomic E-state index is -4.31. The van der Waals surface area contributed by atoms with E-state index in [-0.39, 0.29) is 25.5 Å². The van der Waals surface area contributed by atoms with Crippen molar-refractivity contribution < 1.29 is 32.9 Å². The molecule has 0 bridgehead atoms. The first kappa shape index (κ1) is 45.0. The second-order valence-corrected chi connectivity index (χ2v) is 15.4. The second-order valence-electron chi connectivity index (χ2n) is 14.0. The summed E-state index contributed by atoms with van der Waals surface area (Å²) in [5.41, 5.74) is 0. The molecule has 0 aliphatic rings. The van der Waals surface area contributed by atoms with Crippen molar-refractivity contribution >= 4 is 13.7 Å². The maximum Gasteiger partial charge on any atom is 0.472 e. The Labute approximate surface area is 284 Å². The van der Waals surface area contributed by atoms with E-state index in [1.54, 1.807) is 0 Å². The van der Waals surface area contributed by atoms with Crippen LogP contribution in [0.2, 0.25) is 0 Å². The first-order chi connectivity index (χ1) is 22.0. The number of rotatable bonds is 33. The van der Waals surface area contributed by atoms with Gasteiger partial charge in [0.05, 0.1) is 39.9 Å². The van der Waals surface area contributed by atoms with E-state index in [1.165, 1.54) is 89.9 Å². The van der Waals surface area contributed by atoms with E-state index in [2.05, 4.69) is 37.4 Å². The Hall–Kier alpha value is -1.02. The molecule has 0 aliphatic carbocycles. The molecule has 0 aromatic carbocycles. The van der Waals surface area contributed by atoms with E-state index in [0.29, 0.717) is 23.9 Å². The number of amides is 1. The van der Waals surface area contributed by atoms with Crippen molar-refractivity contribution in [2.45, 2.75) is 167 Å². The summed E-state index contributed by atoms with van der Waals surface area (Å²) in [6.45, 7) is 4.80. The Kier molecular flexibility index (Phi) is 29.4. The largest absolute Gasteiger partial charge is 0.472 e. The highest BCUT2D eigenvalue weighted by Gasteiger charge is 2.28. The number of hydrogen-bond acceptors (Lipinski definition) is 5. The molecule has 8 nitrogen and oxygen atoms in total. The summed E-state index contributed by atoms with van der Waals surface area (Å²) in [6, 6.07) is -0.785. The average Bonchev–Trinajstić information content (AvgIpc) is 2.99. The highest BCUT2D eigenvalue weighted by molar-refractivity contribution is 7.47. The molecule has 3 unspecified atom stereocenters. The van der Waals surface area contributed by atoms with Crippen LogP contribution < -0.4 is 5.32 Å². The van der Waals surface area contributed by atoms with E-state index in [9.17, 15) is 19.4 Å². The predicted molar refractivity (Wildman–Crippen MR) is 194 cm³/mol. The van der Waals surface area contributed by atoms with E-state index in [4.69, 9.17) is 9.05 Å². The quantitative estimate of drug-likeness (QED) is 0.0278. The maximum absolute atomic E-state index is 12.7. The molecule has 0 saturated carbocycles. The molecule has 3 atom stereocenters. The van der Waals surface area contributed by atoms with Crippen LogP contribution in [0.3, 0.4) is 0 Å². The number of likely N-dealkylation sites (N-methyl/N-ethyl adjacent to an activating group) is 1. The lowest BCUT2D eigenvalue weighted by Crippen LogP contribution is -2.46. The van der Waals surface area contributed by atoms with E-state index >= 15 is 0 Å². The molecule has 0 fully saturated rings. The summed E-state index contributed by atoms with van der Waals surface area (Å²) >= 11 is 0. The summed E-state index contributed by atoms with van der Waals surface area (Å²) in [7, 11) is 1.58. The number of carbonyl (C=O) groups excluding carboxylic acids is 1. The van der Waals surface area contributed by atoms with Gasteiger partial charge in [0.1, 0.15) is 13.2 Å². The first-order valence-corrected chi connectivity index (χ1v) is 20.2. The van der Waals surface area contributed by atoms with E-state index in [1.807, 2.05) is 27.2 Å². The van der Waals surface area contributed by atoms with Crippen molar-refractivity contribution in [3.8, 4) is 0 Å². The topological polar surface area (TPSA) is 105 Å². The number of nitrogens with zero attached hydrogens (tertiary/aromatic N) is 1. The van der Waals surface area contributed by atoms with E-state index in [0.717, 1.165) is 32.1 Å². The van der Waals surface area contributed by atoms with Crippen LogP contribution in [0.15, 0.2) is 24.3 Å². The van der Waals surface area contributed by atoms with E-state index < -0.39 is 20.0 Å². The van der Waals surface area contributed by atoms with Crippen LogP contribution in [-0.4, -0.2) is 73.4 Å². The lowest BCUT2D eigenvalue weighted by molar-refractivity contribution is -0.870. The van der Waals surface area contributed by atoms with Gasteiger partial charge in [0, 0.05) is 6.42 Å². The number of phosphoric ester groups is 1. The molecule has 0 radical (unpaired) electrons. The lowest BCUT2D eigenvalue weighted by Gasteiger charge is -2.26. The van der Waals surface area contributed by atoms with Crippen LogP contribution in [0.5, 0.6) is 0 Å². The van der Waals surface area contributed by atoms with Crippen LogP contribution in [0.25, 0.3) is 0 Å². The van der Waals surface area contributed by atoms with Gasteiger partial charge in [0.15, 0.2) is 0 Å². The Morgan fingerprint density at radius 2 is 1.24 bits per heavy atom. The zero-order chi connectivity index (χ0) is 34.4. The molecule has 0 heterocycles. The molecule has 46 heavy (non-hydrogen) atoms. The highest BCUT2D eigenvalue weighted by Crippen LogP contribution is 2.43. The van der Waals surface area contributed by atoms with Crippen molar-refractivity contribution in [2.24, 2.45) is 0 Å². The molecule has 3 N–H and O–H groups in total. The van der Waals surface area contributed by atoms with Gasteiger partial charge in [-0.1, -0.05) is 141 Å². The number of quaternary nitrogens is 1. The number of hydrogen-bond donors (Lipinski definition) is 3. The Morgan fingerprint density at radius 3 is 1.78 bits per heavy atom. The van der Waals surface area contributed by atoms with Crippen molar-refractivity contribution in [3.05, 3.63) is 24.3 Å². The Bertz CT molecular complexity index is 814. The fourth-order valence-corrected chi connectivity index (χ4v) is 5.89. The van der Waals surface area contributed by atoms with Crippen LogP contribution in [-0.2, 0) is 18.4 Å². The van der Waals surface area contributed by atoms with Gasteiger partial charge < -0.3 is 19.8 Å². The van der Waals surface area contributed by atoms with Gasteiger partial charge in [-0.15, -0.1) is 0 Å². The van der Waals surface area contributed by atoms with Gasteiger partial charge in [-0.3, -0.25) is 13.8 Å². The minimum Gasteiger partial charge on any atom is -0.391 e. The monoisotopic (exact) mass is 674 g/mol. The molecule has 1 amide bonds. The Balaban J connectivity index is 4.58. The Morgan fingerprint density at radius 1 is 0.739 bits per heavy atom. The maximum atomic E-state index is 12.7. The van der Waals surface area contributed by atoms with Crippen LogP contribution in [0.4, 0.5) is 0 Å². The van der Waals surface area contributed by atoms with Gasteiger partial charge in [-0.2, -0.15) is 0 Å². The second kappa shape index (κ2) is 30.1. The van der Waals surface area contributed by atoms with Gasteiger partial charge in [-0.25, -0.2) is 4.57 Å². The number of carbonyl (C=O) groups is 1. The molecule has 0 aromatic heterocycles. The summed E-state index contributed by atoms with van der Waals surface area (Å²) < 4.78 is 23.4. The number of aliphatic hydroxyl groups excluding tert-OH is 1. The van der Waals surface area contributed by atoms with Crippen molar-refractivity contribution in [3.63, 3.8) is 0 Å². The normalized spacial score (nSPS) is 15.0. The van der Waals surface area contributed by atoms with Gasteiger partial charge in [0.25, 0.3) is 0 Å². The van der Waals surface area contributed by atoms with Crippen LogP contribution in [0.1, 0.15) is 155 Å². The van der Waals surface area contributed by atoms with Crippen molar-refractivity contribution in [1.29, 1.82) is 0 Å². The smallest absolute Gasteiger partial charge is 0.391 e. The lowest BCUT2D eigenvalue weighted by atomic mass is 10.0. The van der Waals surface area contributed by atoms with Crippen LogP contribution >= 0.6 is 7.82 Å². The summed E-state index contributed by atoms with van der Waals surface area (Å²) in [5.74, 6) is -0.214. The molecule has 0 aliphatic heterocycles. The predicted octanol–water partition coefficient (Wildman–Crippen LogP) is 9.41. The third-order valence-corrected chi connectivity index (χ3v) is 9.20. The van der Waals surface area contributed by atoms with Crippen LogP contribution in [0, 0.1) is 0 Å². The fraction of sp³-hybridized carbons (Fsp3) is 0.865. The summed E-state index contributed by atoms with van der Waals surface area (Å²) in [5, 5.41) is 13.8. The SMILES string of the molecule is CCCCCCCC/C=C\C/C=C\CCC(=O)NC(COP(=O)(O)OCC[N+](C)(C)C)C(O)CCCCCCCCCCCCC. The molecular formula is C37H74N2O6P+. The molecule has 0 rings (SSSR count). The fourth-order valence-electron chi connectivity index (χ4n) is 5.15. The first-order valence-electron chi connectivity index (χ1n) is 18.7. The number of unbranched alkanes of at least 4 members (excludes halogenated alkanes) is 16. The standard InChI is InChI=1S/C37H73N2O6P/c1-6-8-10-12-14-16-18-19-21-23-25-27-29-31-37(41)38-35(34-45-46(42,43)44-33-32-39(3,4)5)36(40)30-28-26-24-22-20-17-15-13-11-9-7-2/h19,21,25,27,35-36,40H,6-18,20,22-24,26,28-34H2,1-5H3,(H-,38,41,42,43)/p+1/b21-19-,27-25-. The zero-order valence-corrected chi connectivity index (χ0v) is 31.5. The third-order valence-electron chi connectivity index (χ3n) is 8.22. The molecule has 0 saturated heterocycles. The number of aliphatic hydroxyl groups is 1. The molecular weight excluding hydrogens is 599 g/mol. The zero-order valence-electron chi connectivity index (χ0n) is 30.6. The number of nitrogens with one attached hydrogen (secondary N) is 1. The molecule has 0 aromatic rings. The number of phosphoric acid groups is 1. The van der Waals surface area contributed by atoms with Gasteiger partial charge in [-0.05, 0) is 32.1 Å².